The first-order chi connectivity index (χ1) is 8.72. The summed E-state index contributed by atoms with van der Waals surface area (Å²) in [6.07, 6.45) is 6.24. The van der Waals surface area contributed by atoms with E-state index in [2.05, 4.69) is 17.9 Å². The molecule has 0 radical (unpaired) electrons. The molecule has 1 fully saturated rings. The van der Waals surface area contributed by atoms with Gasteiger partial charge in [0.1, 0.15) is 0 Å². The second kappa shape index (κ2) is 5.89. The number of anilines is 1. The van der Waals surface area contributed by atoms with Crippen molar-refractivity contribution in [2.24, 2.45) is 5.73 Å². The molecule has 0 aliphatic carbocycles. The Hall–Kier alpha value is -1.51. The van der Waals surface area contributed by atoms with Crippen molar-refractivity contribution in [2.45, 2.75) is 45.1 Å². The fraction of sp³-hybridized carbons (Fsp3) is 0.533. The van der Waals surface area contributed by atoms with E-state index in [0.717, 1.165) is 12.2 Å². The quantitative estimate of drug-likeness (QED) is 0.887. The maximum absolute atomic E-state index is 11.2. The second-order valence-electron chi connectivity index (χ2n) is 5.05. The van der Waals surface area contributed by atoms with Gasteiger partial charge in [-0.05, 0) is 43.9 Å². The number of nitrogens with two attached hydrogens (primary N) is 1. The second-order valence-corrected chi connectivity index (χ2v) is 5.05. The van der Waals surface area contributed by atoms with Crippen LogP contribution >= 0.6 is 0 Å². The van der Waals surface area contributed by atoms with E-state index in [4.69, 9.17) is 5.73 Å². The normalized spacial score (nSPS) is 19.8. The van der Waals surface area contributed by atoms with Crippen LogP contribution in [0.2, 0.25) is 0 Å². The number of piperidine rings is 1. The minimum absolute atomic E-state index is 0.346. The summed E-state index contributed by atoms with van der Waals surface area (Å²) < 4.78 is 0. The largest absolute Gasteiger partial charge is 0.369 e. The van der Waals surface area contributed by atoms with Crippen molar-refractivity contribution in [3.05, 3.63) is 29.8 Å². The van der Waals surface area contributed by atoms with Gasteiger partial charge in [0.25, 0.3) is 0 Å². The monoisotopic (exact) mass is 246 g/mol. The molecule has 3 heteroatoms. The van der Waals surface area contributed by atoms with E-state index in [1.165, 1.54) is 32.1 Å². The van der Waals surface area contributed by atoms with Gasteiger partial charge in [-0.1, -0.05) is 19.4 Å². The fourth-order valence-electron chi connectivity index (χ4n) is 2.81. The number of benzene rings is 1. The third-order valence-electron chi connectivity index (χ3n) is 3.71. The van der Waals surface area contributed by atoms with Crippen molar-refractivity contribution < 1.29 is 4.79 Å². The first kappa shape index (κ1) is 12.9. The van der Waals surface area contributed by atoms with E-state index >= 15 is 0 Å². The Morgan fingerprint density at radius 1 is 1.44 bits per heavy atom. The highest BCUT2D eigenvalue weighted by atomic mass is 16.1. The number of hydrogen-bond donors (Lipinski definition) is 1. The highest BCUT2D eigenvalue weighted by molar-refractivity contribution is 5.93. The summed E-state index contributed by atoms with van der Waals surface area (Å²) in [6.45, 7) is 3.32. The zero-order valence-corrected chi connectivity index (χ0v) is 11.1. The Balaban J connectivity index is 2.22. The SMILES string of the molecule is CCCC1CCCCN1c1cccc(C(N)=O)c1. The molecule has 98 valence electrons. The zero-order chi connectivity index (χ0) is 13.0. The number of carbonyl (C=O) groups excluding carboxylic acids is 1. The van der Waals surface area contributed by atoms with Crippen LogP contribution in [-0.2, 0) is 0 Å². The first-order valence-corrected chi connectivity index (χ1v) is 6.89. The first-order valence-electron chi connectivity index (χ1n) is 6.89. The third kappa shape index (κ3) is 2.84. The van der Waals surface area contributed by atoms with Gasteiger partial charge in [0.15, 0.2) is 0 Å². The summed E-state index contributed by atoms with van der Waals surface area (Å²) in [5, 5.41) is 0. The van der Waals surface area contributed by atoms with Gasteiger partial charge in [0.05, 0.1) is 0 Å². The molecule has 2 rings (SSSR count). The fourth-order valence-corrected chi connectivity index (χ4v) is 2.81. The Morgan fingerprint density at radius 3 is 3.00 bits per heavy atom. The maximum atomic E-state index is 11.2. The zero-order valence-electron chi connectivity index (χ0n) is 11.1. The molecule has 1 aromatic rings. The van der Waals surface area contributed by atoms with Crippen molar-refractivity contribution in [3.63, 3.8) is 0 Å². The lowest BCUT2D eigenvalue weighted by Crippen LogP contribution is -2.39. The minimum atomic E-state index is -0.346. The Kier molecular flexibility index (Phi) is 4.24. The highest BCUT2D eigenvalue weighted by Gasteiger charge is 2.22. The van der Waals surface area contributed by atoms with Gasteiger partial charge in [-0.15, -0.1) is 0 Å². The molecule has 1 aliphatic rings. The van der Waals surface area contributed by atoms with Crippen LogP contribution in [0.5, 0.6) is 0 Å². The molecule has 0 saturated carbocycles. The maximum Gasteiger partial charge on any atom is 0.248 e. The third-order valence-corrected chi connectivity index (χ3v) is 3.71. The molecule has 1 unspecified atom stereocenters. The van der Waals surface area contributed by atoms with E-state index in [0.29, 0.717) is 11.6 Å². The average molecular weight is 246 g/mol. The number of amides is 1. The van der Waals surface area contributed by atoms with Gasteiger partial charge in [-0.25, -0.2) is 0 Å². The van der Waals surface area contributed by atoms with Gasteiger partial charge in [-0.2, -0.15) is 0 Å². The number of rotatable bonds is 4. The predicted octanol–water partition coefficient (Wildman–Crippen LogP) is 2.94. The molecule has 1 amide bonds. The van der Waals surface area contributed by atoms with Crippen molar-refractivity contribution in [2.75, 3.05) is 11.4 Å². The molecule has 1 heterocycles. The smallest absolute Gasteiger partial charge is 0.248 e. The number of carbonyl (C=O) groups is 1. The number of hydrogen-bond acceptors (Lipinski definition) is 2. The van der Waals surface area contributed by atoms with E-state index in [1.807, 2.05) is 12.1 Å². The standard InChI is InChI=1S/C15H22N2O/c1-2-6-13-8-3-4-10-17(13)14-9-5-7-12(11-14)15(16)18/h5,7,9,11,13H,2-4,6,8,10H2,1H3,(H2,16,18). The summed E-state index contributed by atoms with van der Waals surface area (Å²) in [7, 11) is 0. The predicted molar refractivity (Wildman–Crippen MR) is 74.9 cm³/mol. The molecule has 1 aromatic carbocycles. The van der Waals surface area contributed by atoms with Crippen LogP contribution in [0.4, 0.5) is 5.69 Å². The molecular formula is C15H22N2O. The van der Waals surface area contributed by atoms with E-state index in [1.54, 1.807) is 6.07 Å². The van der Waals surface area contributed by atoms with E-state index in [-0.39, 0.29) is 5.91 Å². The lowest BCUT2D eigenvalue weighted by atomic mass is 9.97. The van der Waals surface area contributed by atoms with Gasteiger partial charge in [0, 0.05) is 23.8 Å². The van der Waals surface area contributed by atoms with Gasteiger partial charge in [-0.3, -0.25) is 4.79 Å². The van der Waals surface area contributed by atoms with Crippen molar-refractivity contribution in [3.8, 4) is 0 Å². The van der Waals surface area contributed by atoms with Crippen molar-refractivity contribution in [1.82, 2.24) is 0 Å². The molecule has 1 atom stereocenters. The Morgan fingerprint density at radius 2 is 2.28 bits per heavy atom. The van der Waals surface area contributed by atoms with E-state index in [9.17, 15) is 4.79 Å². The van der Waals surface area contributed by atoms with Crippen LogP contribution < -0.4 is 10.6 Å². The van der Waals surface area contributed by atoms with E-state index < -0.39 is 0 Å². The molecule has 0 bridgehead atoms. The van der Waals surface area contributed by atoms with Crippen LogP contribution in [0.3, 0.4) is 0 Å². The van der Waals surface area contributed by atoms with Crippen LogP contribution in [0.1, 0.15) is 49.4 Å². The average Bonchev–Trinajstić information content (AvgIpc) is 2.40. The van der Waals surface area contributed by atoms with Gasteiger partial charge >= 0.3 is 0 Å². The van der Waals surface area contributed by atoms with Crippen molar-refractivity contribution >= 4 is 11.6 Å². The molecular weight excluding hydrogens is 224 g/mol. The highest BCUT2D eigenvalue weighted by Crippen LogP contribution is 2.27. The lowest BCUT2D eigenvalue weighted by molar-refractivity contribution is 0.100. The number of primary amides is 1. The molecule has 0 spiro atoms. The Labute approximate surface area is 109 Å². The van der Waals surface area contributed by atoms with Gasteiger partial charge < -0.3 is 10.6 Å². The topological polar surface area (TPSA) is 46.3 Å². The summed E-state index contributed by atoms with van der Waals surface area (Å²) in [5.41, 5.74) is 7.10. The Bertz CT molecular complexity index is 415. The molecule has 3 nitrogen and oxygen atoms in total. The van der Waals surface area contributed by atoms with Crippen molar-refractivity contribution in [1.29, 1.82) is 0 Å². The van der Waals surface area contributed by atoms with Crippen LogP contribution in [0.25, 0.3) is 0 Å². The molecule has 18 heavy (non-hydrogen) atoms. The van der Waals surface area contributed by atoms with Crippen LogP contribution in [-0.4, -0.2) is 18.5 Å². The number of nitrogens with zero attached hydrogens (tertiary/aromatic N) is 1. The van der Waals surface area contributed by atoms with Gasteiger partial charge in [0.2, 0.25) is 5.91 Å². The molecule has 0 aromatic heterocycles. The summed E-state index contributed by atoms with van der Waals surface area (Å²) >= 11 is 0. The van der Waals surface area contributed by atoms with Crippen LogP contribution in [0, 0.1) is 0 Å². The summed E-state index contributed by atoms with van der Waals surface area (Å²) in [6, 6.07) is 8.33. The molecule has 1 saturated heterocycles. The summed E-state index contributed by atoms with van der Waals surface area (Å²) in [5.74, 6) is -0.346. The lowest BCUT2D eigenvalue weighted by Gasteiger charge is -2.37. The summed E-state index contributed by atoms with van der Waals surface area (Å²) in [4.78, 5) is 13.7. The minimum Gasteiger partial charge on any atom is -0.369 e. The molecule has 2 N–H and O–H groups in total. The molecule has 1 aliphatic heterocycles. The van der Waals surface area contributed by atoms with Crippen LogP contribution in [0.15, 0.2) is 24.3 Å².